The van der Waals surface area contributed by atoms with Crippen molar-refractivity contribution in [1.29, 1.82) is 0 Å². The van der Waals surface area contributed by atoms with Gasteiger partial charge in [0.2, 0.25) is 0 Å². The molecule has 0 fully saturated rings. The molecule has 0 spiro atoms. The predicted molar refractivity (Wildman–Crippen MR) is 34.9 cm³/mol. The van der Waals surface area contributed by atoms with Gasteiger partial charge in [0, 0.05) is 0 Å². The van der Waals surface area contributed by atoms with Crippen LogP contribution in [0.1, 0.15) is 0 Å². The molecule has 0 saturated carbocycles. The SMILES string of the molecule is Br.O=[PH](O)O.P. The highest BCUT2D eigenvalue weighted by Crippen LogP contribution is 1.98. The minimum Gasteiger partial charge on any atom is -0.326 e. The molecule has 0 heterocycles. The molecule has 0 aromatic carbocycles. The summed E-state index contributed by atoms with van der Waals surface area (Å²) in [4.78, 5) is 14.3. The number of hydrogen-bond donors (Lipinski definition) is 2. The van der Waals surface area contributed by atoms with Crippen molar-refractivity contribution >= 4 is 35.1 Å². The Morgan fingerprint density at radius 1 is 1.33 bits per heavy atom. The Morgan fingerprint density at radius 2 is 1.33 bits per heavy atom. The van der Waals surface area contributed by atoms with Crippen molar-refractivity contribution in [2.75, 3.05) is 0 Å². The van der Waals surface area contributed by atoms with Crippen LogP contribution in [0.2, 0.25) is 0 Å². The van der Waals surface area contributed by atoms with Crippen molar-refractivity contribution in [2.45, 2.75) is 0 Å². The van der Waals surface area contributed by atoms with E-state index >= 15 is 0 Å². The van der Waals surface area contributed by atoms with E-state index in [1.165, 1.54) is 0 Å². The Hall–Kier alpha value is 1.06. The molecule has 42 valence electrons. The molecule has 0 rings (SSSR count). The van der Waals surface area contributed by atoms with Crippen molar-refractivity contribution in [3.63, 3.8) is 0 Å². The summed E-state index contributed by atoms with van der Waals surface area (Å²) in [6.07, 6.45) is 0. The second-order valence-electron chi connectivity index (χ2n) is 0.283. The van der Waals surface area contributed by atoms with Crippen LogP contribution in [0.5, 0.6) is 0 Å². The van der Waals surface area contributed by atoms with E-state index in [-0.39, 0.29) is 26.9 Å². The highest BCUT2D eigenvalue weighted by Gasteiger charge is 1.61. The van der Waals surface area contributed by atoms with Gasteiger partial charge in [-0.15, -0.1) is 17.0 Å². The number of rotatable bonds is 0. The van der Waals surface area contributed by atoms with Gasteiger partial charge in [0.25, 0.3) is 0 Å². The molecule has 0 aliphatic carbocycles. The quantitative estimate of drug-likeness (QED) is 0.537. The molecule has 6 heavy (non-hydrogen) atoms. The molecule has 6 heteroatoms. The first-order valence-electron chi connectivity index (χ1n) is 0.651. The van der Waals surface area contributed by atoms with Crippen LogP contribution in [0, 0.1) is 0 Å². The molecule has 1 unspecified atom stereocenters. The fourth-order valence-corrected chi connectivity index (χ4v) is 0. The number of hydrogen-bond acceptors (Lipinski definition) is 1. The zero-order valence-electron chi connectivity index (χ0n) is 2.92. The number of halogens is 1. The minimum absolute atomic E-state index is 0. The summed E-state index contributed by atoms with van der Waals surface area (Å²) in [5, 5.41) is 0. The molecule has 2 N–H and O–H groups in total. The highest BCUT2D eigenvalue weighted by molar-refractivity contribution is 8.93. The van der Waals surface area contributed by atoms with Gasteiger partial charge in [-0.05, 0) is 0 Å². The molecule has 0 amide bonds. The smallest absolute Gasteiger partial charge is 0.314 e. The second-order valence-corrected chi connectivity index (χ2v) is 0.848. The fourth-order valence-electron chi connectivity index (χ4n) is 0. The van der Waals surface area contributed by atoms with Crippen LogP contribution in [0.3, 0.4) is 0 Å². The zero-order chi connectivity index (χ0) is 3.58. The lowest BCUT2D eigenvalue weighted by molar-refractivity contribution is 0.405. The lowest BCUT2D eigenvalue weighted by atomic mass is 15.8. The summed E-state index contributed by atoms with van der Waals surface area (Å²) in [5.41, 5.74) is 0. The molecular weight excluding hydrogens is 190 g/mol. The summed E-state index contributed by atoms with van der Waals surface area (Å²) in [6, 6.07) is 0. The Morgan fingerprint density at radius 3 is 1.33 bits per heavy atom. The van der Waals surface area contributed by atoms with Gasteiger partial charge in [-0.2, -0.15) is 9.90 Å². The van der Waals surface area contributed by atoms with Gasteiger partial charge in [-0.1, -0.05) is 0 Å². The molecule has 0 aliphatic rings. The first kappa shape index (κ1) is 15.7. The second kappa shape index (κ2) is 9.41. The van der Waals surface area contributed by atoms with E-state index in [0.717, 1.165) is 0 Å². The van der Waals surface area contributed by atoms with E-state index < -0.39 is 8.25 Å². The van der Waals surface area contributed by atoms with Crippen molar-refractivity contribution in [2.24, 2.45) is 0 Å². The van der Waals surface area contributed by atoms with Gasteiger partial charge >= 0.3 is 8.25 Å². The van der Waals surface area contributed by atoms with Gasteiger partial charge in [-0.25, -0.2) is 0 Å². The van der Waals surface area contributed by atoms with Gasteiger partial charge in [0.05, 0.1) is 0 Å². The van der Waals surface area contributed by atoms with E-state index in [9.17, 15) is 0 Å². The average molecular weight is 197 g/mol. The molecule has 0 aromatic heterocycles. The Kier molecular flexibility index (Phi) is 24.7. The van der Waals surface area contributed by atoms with Gasteiger partial charge < -0.3 is 9.79 Å². The highest BCUT2D eigenvalue weighted by atomic mass is 79.9. The molecule has 1 atom stereocenters. The summed E-state index contributed by atoms with van der Waals surface area (Å²) in [7, 11) is -3.13. The Labute approximate surface area is 50.1 Å². The van der Waals surface area contributed by atoms with Crippen molar-refractivity contribution in [3.05, 3.63) is 0 Å². The van der Waals surface area contributed by atoms with Gasteiger partial charge in [0.1, 0.15) is 0 Å². The molecule has 0 aliphatic heterocycles. The Balaban J connectivity index is -0.0000000450. The van der Waals surface area contributed by atoms with Crippen LogP contribution in [0.4, 0.5) is 0 Å². The van der Waals surface area contributed by atoms with E-state index in [0.29, 0.717) is 0 Å². The molecule has 0 radical (unpaired) electrons. The van der Waals surface area contributed by atoms with Gasteiger partial charge in [-0.3, -0.25) is 4.57 Å². The van der Waals surface area contributed by atoms with Gasteiger partial charge in [0.15, 0.2) is 0 Å². The maximum Gasteiger partial charge on any atom is 0.314 e. The van der Waals surface area contributed by atoms with Crippen molar-refractivity contribution in [1.82, 2.24) is 0 Å². The average Bonchev–Trinajstić information content (AvgIpc) is 0.811. The monoisotopic (exact) mass is 196 g/mol. The maximum absolute atomic E-state index is 8.74. The zero-order valence-corrected chi connectivity index (χ0v) is 7.05. The predicted octanol–water partition coefficient (Wildman–Crippen LogP) is -0.00330. The molecular formula is H7BrO3P2. The third-order valence-electron chi connectivity index (χ3n) is 0. The lowest BCUT2D eigenvalue weighted by Gasteiger charge is -1.61. The summed E-state index contributed by atoms with van der Waals surface area (Å²) < 4.78 is 8.74. The van der Waals surface area contributed by atoms with E-state index in [1.807, 2.05) is 0 Å². The normalized spacial score (nSPS) is 5.83. The van der Waals surface area contributed by atoms with Crippen LogP contribution >= 0.6 is 35.1 Å². The van der Waals surface area contributed by atoms with E-state index in [1.54, 1.807) is 0 Å². The summed E-state index contributed by atoms with van der Waals surface area (Å²) in [6.45, 7) is 0. The van der Waals surface area contributed by atoms with E-state index in [2.05, 4.69) is 0 Å². The molecule has 0 bridgehead atoms. The van der Waals surface area contributed by atoms with Crippen molar-refractivity contribution < 1.29 is 14.4 Å². The van der Waals surface area contributed by atoms with Crippen LogP contribution in [-0.4, -0.2) is 9.79 Å². The maximum atomic E-state index is 8.74. The largest absolute Gasteiger partial charge is 0.326 e. The third kappa shape index (κ3) is 74.2. The van der Waals surface area contributed by atoms with E-state index in [4.69, 9.17) is 14.4 Å². The van der Waals surface area contributed by atoms with Crippen LogP contribution in [-0.2, 0) is 4.57 Å². The lowest BCUT2D eigenvalue weighted by Crippen LogP contribution is -1.38. The minimum atomic E-state index is -3.13. The third-order valence-corrected chi connectivity index (χ3v) is 0. The van der Waals surface area contributed by atoms with Crippen LogP contribution in [0.25, 0.3) is 0 Å². The fraction of sp³-hybridized carbons (Fsp3) is 0. The topological polar surface area (TPSA) is 57.5 Å². The summed E-state index contributed by atoms with van der Waals surface area (Å²) in [5.74, 6) is 0. The van der Waals surface area contributed by atoms with Crippen LogP contribution < -0.4 is 0 Å². The first-order chi connectivity index (χ1) is 1.73. The molecule has 0 aromatic rings. The molecule has 3 nitrogen and oxygen atoms in total. The molecule has 0 saturated heterocycles. The Bertz CT molecular complexity index is 31.8. The summed E-state index contributed by atoms with van der Waals surface area (Å²) >= 11 is 0. The van der Waals surface area contributed by atoms with Crippen LogP contribution in [0.15, 0.2) is 0 Å². The standard InChI is InChI=1S/BrH.H3O3P.H3P/c;1-4(2)3;/h1H;4H,(H2,1,2,3);1H3. The first-order valence-corrected chi connectivity index (χ1v) is 1.95. The van der Waals surface area contributed by atoms with Crippen molar-refractivity contribution in [3.8, 4) is 0 Å².